The zero-order valence-electron chi connectivity index (χ0n) is 7.43. The smallest absolute Gasteiger partial charge is 0.310 e. The fourth-order valence-electron chi connectivity index (χ4n) is 0.994. The van der Waals surface area contributed by atoms with Gasteiger partial charge in [0, 0.05) is 16.4 Å². The third-order valence-corrected chi connectivity index (χ3v) is 1.50. The molecule has 0 amide bonds. The lowest BCUT2D eigenvalue weighted by atomic mass is 10.2. The minimum Gasteiger partial charge on any atom is -0.466 e. The van der Waals surface area contributed by atoms with Crippen LogP contribution in [0.3, 0.4) is 0 Å². The average Bonchev–Trinajstić information content (AvgIpc) is 2.04. The molecule has 0 radical (unpaired) electrons. The Morgan fingerprint density at radius 3 is 3.08 bits per heavy atom. The highest BCUT2D eigenvalue weighted by molar-refractivity contribution is 5.72. The lowest BCUT2D eigenvalue weighted by molar-refractivity contribution is -0.905. The Kier molecular flexibility index (Phi) is 3.25. The van der Waals surface area contributed by atoms with E-state index < -0.39 is 0 Å². The van der Waals surface area contributed by atoms with Crippen LogP contribution in [0.5, 0.6) is 0 Å². The molecular formula is C9H12NO3+. The number of rotatable bonds is 3. The quantitative estimate of drug-likeness (QED) is 0.416. The van der Waals surface area contributed by atoms with Gasteiger partial charge in [-0.2, -0.15) is 0 Å². The maximum absolute atomic E-state index is 11.0. The molecule has 0 saturated heterocycles. The lowest BCUT2D eigenvalue weighted by Gasteiger charge is -1.99. The largest absolute Gasteiger partial charge is 0.466 e. The van der Waals surface area contributed by atoms with E-state index in [1.54, 1.807) is 19.1 Å². The molecule has 0 spiro atoms. The van der Waals surface area contributed by atoms with E-state index in [2.05, 4.69) is 0 Å². The predicted octanol–water partition coefficient (Wildman–Crippen LogP) is 0.317. The van der Waals surface area contributed by atoms with Crippen molar-refractivity contribution in [1.29, 1.82) is 0 Å². The van der Waals surface area contributed by atoms with Crippen LogP contribution in [0.4, 0.5) is 0 Å². The summed E-state index contributed by atoms with van der Waals surface area (Å²) in [5, 5.41) is 9.02. The molecule has 1 aromatic heterocycles. The number of nitrogens with zero attached hydrogens (tertiary/aromatic N) is 1. The minimum absolute atomic E-state index is 0.190. The number of carbonyl (C=O) groups is 1. The molecule has 0 saturated carbocycles. The zero-order valence-corrected chi connectivity index (χ0v) is 7.43. The van der Waals surface area contributed by atoms with Gasteiger partial charge in [0.1, 0.15) is 0 Å². The molecule has 0 atom stereocenters. The van der Waals surface area contributed by atoms with Gasteiger partial charge in [0.05, 0.1) is 13.0 Å². The van der Waals surface area contributed by atoms with Crippen LogP contribution in [0, 0.1) is 0 Å². The number of ether oxygens (including phenoxy) is 1. The zero-order chi connectivity index (χ0) is 9.68. The third-order valence-electron chi connectivity index (χ3n) is 1.50. The van der Waals surface area contributed by atoms with Gasteiger partial charge in [-0.3, -0.25) is 10.0 Å². The van der Waals surface area contributed by atoms with E-state index in [0.717, 1.165) is 10.3 Å². The van der Waals surface area contributed by atoms with Crippen molar-refractivity contribution in [3.63, 3.8) is 0 Å². The van der Waals surface area contributed by atoms with Crippen molar-refractivity contribution in [3.8, 4) is 0 Å². The maximum Gasteiger partial charge on any atom is 0.310 e. The number of aromatic nitrogens is 1. The minimum atomic E-state index is -0.284. The summed E-state index contributed by atoms with van der Waals surface area (Å²) in [4.78, 5) is 11.0. The third kappa shape index (κ3) is 3.11. The fourth-order valence-corrected chi connectivity index (χ4v) is 0.994. The van der Waals surface area contributed by atoms with E-state index in [-0.39, 0.29) is 12.4 Å². The molecule has 4 nitrogen and oxygen atoms in total. The summed E-state index contributed by atoms with van der Waals surface area (Å²) in [6, 6.07) is 3.41. The molecule has 1 N–H and O–H groups in total. The van der Waals surface area contributed by atoms with Gasteiger partial charge in [-0.1, -0.05) is 0 Å². The highest BCUT2D eigenvalue weighted by atomic mass is 16.5. The Morgan fingerprint density at radius 2 is 2.46 bits per heavy atom. The Bertz CT molecular complexity index is 299. The molecule has 0 aliphatic heterocycles. The van der Waals surface area contributed by atoms with Crippen LogP contribution in [-0.4, -0.2) is 17.8 Å². The molecule has 1 heterocycles. The topological polar surface area (TPSA) is 50.4 Å². The Hall–Kier alpha value is -1.58. The summed E-state index contributed by atoms with van der Waals surface area (Å²) < 4.78 is 5.67. The summed E-state index contributed by atoms with van der Waals surface area (Å²) in [5.41, 5.74) is 0.725. The van der Waals surface area contributed by atoms with E-state index in [1.807, 2.05) is 0 Å². The second-order valence-electron chi connectivity index (χ2n) is 2.57. The number of esters is 1. The van der Waals surface area contributed by atoms with Gasteiger partial charge in [0.15, 0.2) is 0 Å². The summed E-state index contributed by atoms with van der Waals surface area (Å²) >= 11 is 0. The van der Waals surface area contributed by atoms with Crippen molar-refractivity contribution in [2.24, 2.45) is 0 Å². The van der Waals surface area contributed by atoms with Crippen molar-refractivity contribution in [2.45, 2.75) is 13.3 Å². The van der Waals surface area contributed by atoms with E-state index >= 15 is 0 Å². The first-order valence-electron chi connectivity index (χ1n) is 4.07. The van der Waals surface area contributed by atoms with Gasteiger partial charge >= 0.3 is 5.97 Å². The Morgan fingerprint density at radius 1 is 1.69 bits per heavy atom. The van der Waals surface area contributed by atoms with Crippen molar-refractivity contribution in [3.05, 3.63) is 30.1 Å². The Labute approximate surface area is 76.3 Å². The second-order valence-corrected chi connectivity index (χ2v) is 2.57. The molecule has 70 valence electrons. The van der Waals surface area contributed by atoms with Crippen LogP contribution in [0.1, 0.15) is 12.5 Å². The summed E-state index contributed by atoms with van der Waals surface area (Å²) in [7, 11) is 0. The van der Waals surface area contributed by atoms with Gasteiger partial charge in [0.25, 0.3) is 0 Å². The van der Waals surface area contributed by atoms with Crippen LogP contribution in [0.25, 0.3) is 0 Å². The molecule has 1 rings (SSSR count). The first-order valence-corrected chi connectivity index (χ1v) is 4.07. The Balaban J connectivity index is 2.58. The van der Waals surface area contributed by atoms with E-state index in [9.17, 15) is 4.79 Å². The molecule has 13 heavy (non-hydrogen) atoms. The molecule has 0 aliphatic rings. The van der Waals surface area contributed by atoms with Gasteiger partial charge in [-0.15, -0.1) is 0 Å². The monoisotopic (exact) mass is 182 g/mol. The molecule has 0 aromatic carbocycles. The van der Waals surface area contributed by atoms with E-state index in [1.165, 1.54) is 12.4 Å². The normalized spacial score (nSPS) is 9.62. The van der Waals surface area contributed by atoms with Crippen molar-refractivity contribution in [1.82, 2.24) is 0 Å². The van der Waals surface area contributed by atoms with E-state index in [4.69, 9.17) is 9.94 Å². The molecule has 1 aromatic rings. The average molecular weight is 182 g/mol. The molecule has 0 aliphatic carbocycles. The fraction of sp³-hybridized carbons (Fsp3) is 0.333. The molecule has 0 unspecified atom stereocenters. The van der Waals surface area contributed by atoms with Crippen molar-refractivity contribution >= 4 is 5.97 Å². The number of hydrogen-bond donors (Lipinski definition) is 1. The SMILES string of the molecule is CCOC(=O)Cc1ccc[n+](O)c1. The standard InChI is InChI=1S/C9H12NO3/c1-2-13-9(11)6-8-4-3-5-10(12)7-8/h3-5,7,12H,2,6H2,1H3/q+1. The van der Waals surface area contributed by atoms with Crippen LogP contribution in [0.2, 0.25) is 0 Å². The number of carbonyl (C=O) groups excluding carboxylic acids is 1. The van der Waals surface area contributed by atoms with Gasteiger partial charge < -0.3 is 4.74 Å². The first kappa shape index (κ1) is 9.51. The van der Waals surface area contributed by atoms with Crippen LogP contribution in [0.15, 0.2) is 24.5 Å². The predicted molar refractivity (Wildman–Crippen MR) is 44.2 cm³/mol. The van der Waals surface area contributed by atoms with Crippen LogP contribution < -0.4 is 4.73 Å². The molecular weight excluding hydrogens is 170 g/mol. The van der Waals surface area contributed by atoms with Gasteiger partial charge in [-0.05, 0) is 13.0 Å². The number of hydrogen-bond acceptors (Lipinski definition) is 3. The van der Waals surface area contributed by atoms with E-state index in [0.29, 0.717) is 6.61 Å². The molecule has 4 heteroatoms. The highest BCUT2D eigenvalue weighted by Crippen LogP contribution is 1.97. The number of pyridine rings is 1. The summed E-state index contributed by atoms with van der Waals surface area (Å²) in [5.74, 6) is -0.284. The summed E-state index contributed by atoms with van der Waals surface area (Å²) in [6.07, 6.45) is 3.14. The van der Waals surface area contributed by atoms with Gasteiger partial charge in [-0.25, -0.2) is 0 Å². The first-order chi connectivity index (χ1) is 6.22. The van der Waals surface area contributed by atoms with Crippen molar-refractivity contribution < 1.29 is 19.5 Å². The highest BCUT2D eigenvalue weighted by Gasteiger charge is 2.07. The maximum atomic E-state index is 11.0. The molecule has 0 bridgehead atoms. The van der Waals surface area contributed by atoms with Crippen LogP contribution >= 0.6 is 0 Å². The lowest BCUT2D eigenvalue weighted by Crippen LogP contribution is -2.29. The summed E-state index contributed by atoms with van der Waals surface area (Å²) in [6.45, 7) is 2.14. The van der Waals surface area contributed by atoms with Crippen LogP contribution in [-0.2, 0) is 16.0 Å². The molecule has 0 fully saturated rings. The van der Waals surface area contributed by atoms with Crippen molar-refractivity contribution in [2.75, 3.05) is 6.61 Å². The van der Waals surface area contributed by atoms with Gasteiger partial charge in [0.2, 0.25) is 12.4 Å². The second kappa shape index (κ2) is 4.45.